The zero-order valence-electron chi connectivity index (χ0n) is 27.4. The van der Waals surface area contributed by atoms with Crippen LogP contribution in [-0.2, 0) is 0 Å². The number of benzene rings is 1. The highest BCUT2D eigenvalue weighted by Crippen LogP contribution is 2.69. The first-order valence-electron chi connectivity index (χ1n) is 18.6. The fraction of sp³-hybridized carbons (Fsp3) is 0.667. The Bertz CT molecular complexity index is 1110. The van der Waals surface area contributed by atoms with Crippen molar-refractivity contribution in [3.63, 3.8) is 0 Å². The van der Waals surface area contributed by atoms with Crippen molar-refractivity contribution in [1.82, 2.24) is 15.0 Å². The van der Waals surface area contributed by atoms with Crippen LogP contribution in [0.25, 0.3) is 11.3 Å². The monoisotopic (exact) mass is 628 g/mol. The van der Waals surface area contributed by atoms with Crippen molar-refractivity contribution in [2.75, 3.05) is 0 Å². The number of hydrogen-bond donors (Lipinski definition) is 0. The van der Waals surface area contributed by atoms with Crippen LogP contribution >= 0.6 is 15.8 Å². The molecule has 1 aromatic heterocycles. The first kappa shape index (κ1) is 31.8. The Morgan fingerprint density at radius 1 is 0.614 bits per heavy atom. The summed E-state index contributed by atoms with van der Waals surface area (Å²) in [5.41, 5.74) is 9.27. The van der Waals surface area contributed by atoms with Crippen molar-refractivity contribution in [2.24, 2.45) is 0 Å². The maximum Gasteiger partial charge on any atom is 0.120 e. The molecule has 0 saturated heterocycles. The van der Waals surface area contributed by atoms with Crippen LogP contribution in [0.4, 0.5) is 0 Å². The van der Waals surface area contributed by atoms with Gasteiger partial charge in [0.15, 0.2) is 0 Å². The Kier molecular flexibility index (Phi) is 11.1. The van der Waals surface area contributed by atoms with Gasteiger partial charge in [0.05, 0.1) is 11.5 Å². The molecule has 7 rings (SSSR count). The van der Waals surface area contributed by atoms with E-state index >= 15 is 0 Å². The molecule has 3 nitrogen and oxygen atoms in total. The molecular formula is C39H56N3P2. The summed E-state index contributed by atoms with van der Waals surface area (Å²) in [6, 6.07) is 11.4. The summed E-state index contributed by atoms with van der Waals surface area (Å²) in [6.45, 7) is 2.48. The fourth-order valence-corrected chi connectivity index (χ4v) is 17.5. The van der Waals surface area contributed by atoms with E-state index in [0.717, 1.165) is 22.6 Å². The number of aromatic nitrogens is 3. The average Bonchev–Trinajstić information content (AvgIpc) is 3.76. The highest BCUT2D eigenvalue weighted by atomic mass is 31.1. The molecule has 44 heavy (non-hydrogen) atoms. The minimum atomic E-state index is -0.335. The standard InChI is InChI=1S/C39H56N3P2/c1-30(36-28-17-29-37(36)43(32-20-9-3-10-21-32)33-22-11-4-12-23-33)42-39(38(40-41-42)31-18-7-2-8-19-31)44(34-24-13-5-14-25-34)35-26-15-6-16-27-35/h2,7-8,17-19,28-30,32-35H,3-6,9-16,20-27H2,1H3/t30-/m0/s1. The van der Waals surface area contributed by atoms with Crippen LogP contribution in [0, 0.1) is 30.8 Å². The zero-order valence-corrected chi connectivity index (χ0v) is 29.2. The van der Waals surface area contributed by atoms with Crippen molar-refractivity contribution < 1.29 is 0 Å². The Hall–Kier alpha value is -0.780. The lowest BCUT2D eigenvalue weighted by Crippen LogP contribution is -2.34. The molecule has 5 saturated carbocycles. The average molecular weight is 629 g/mol. The van der Waals surface area contributed by atoms with Gasteiger partial charge in [0, 0.05) is 17.1 Å². The molecule has 0 bridgehead atoms. The second-order valence-electron chi connectivity index (χ2n) is 14.6. The Labute approximate surface area is 272 Å². The third-order valence-corrected chi connectivity index (χ3v) is 18.8. The zero-order chi connectivity index (χ0) is 29.7. The quantitative estimate of drug-likeness (QED) is 0.259. The van der Waals surface area contributed by atoms with Crippen LogP contribution in [0.3, 0.4) is 0 Å². The van der Waals surface area contributed by atoms with E-state index in [0.29, 0.717) is 0 Å². The highest BCUT2D eigenvalue weighted by molar-refractivity contribution is 7.67. The van der Waals surface area contributed by atoms with Crippen LogP contribution in [0.5, 0.6) is 0 Å². The van der Waals surface area contributed by atoms with Gasteiger partial charge in [-0.2, -0.15) is 0 Å². The van der Waals surface area contributed by atoms with Gasteiger partial charge in [-0.05, 0) is 108 Å². The van der Waals surface area contributed by atoms with Crippen molar-refractivity contribution in [1.29, 1.82) is 0 Å². The van der Waals surface area contributed by atoms with E-state index in [2.05, 4.69) is 61.2 Å². The van der Waals surface area contributed by atoms with E-state index in [1.807, 2.05) is 0 Å². The second-order valence-corrected chi connectivity index (χ2v) is 20.1. The number of rotatable bonds is 9. The van der Waals surface area contributed by atoms with E-state index < -0.39 is 0 Å². The molecule has 5 aliphatic rings. The van der Waals surface area contributed by atoms with Gasteiger partial charge in [-0.3, -0.25) is 0 Å². The summed E-state index contributed by atoms with van der Waals surface area (Å²) >= 11 is 0. The van der Waals surface area contributed by atoms with Gasteiger partial charge in [0.2, 0.25) is 0 Å². The number of hydrogen-bond acceptors (Lipinski definition) is 2. The molecule has 0 N–H and O–H groups in total. The summed E-state index contributed by atoms with van der Waals surface area (Å²) in [7, 11) is -0.476. The normalized spacial score (nSPS) is 25.3. The van der Waals surface area contributed by atoms with Crippen LogP contribution < -0.4 is 5.44 Å². The van der Waals surface area contributed by atoms with Gasteiger partial charge in [0.25, 0.3) is 0 Å². The summed E-state index contributed by atoms with van der Waals surface area (Å²) in [4.78, 5) is 0. The fourth-order valence-electron chi connectivity index (χ4n) is 9.49. The second kappa shape index (κ2) is 15.4. The summed E-state index contributed by atoms with van der Waals surface area (Å²) < 4.78 is 2.51. The van der Waals surface area contributed by atoms with Crippen LogP contribution in [0.15, 0.2) is 30.3 Å². The summed E-state index contributed by atoms with van der Waals surface area (Å²) in [5.74, 6) is 1.58. The topological polar surface area (TPSA) is 30.7 Å². The largest absolute Gasteiger partial charge is 0.241 e. The lowest BCUT2D eigenvalue weighted by molar-refractivity contribution is 0.478. The molecule has 1 atom stereocenters. The van der Waals surface area contributed by atoms with E-state index in [-0.39, 0.29) is 21.9 Å². The van der Waals surface area contributed by atoms with Gasteiger partial charge in [0.1, 0.15) is 5.69 Å². The smallest absolute Gasteiger partial charge is 0.120 e. The predicted octanol–water partition coefficient (Wildman–Crippen LogP) is 11.2. The van der Waals surface area contributed by atoms with Crippen molar-refractivity contribution in [3.05, 3.63) is 61.2 Å². The molecule has 5 fully saturated rings. The van der Waals surface area contributed by atoms with E-state index in [4.69, 9.17) is 10.3 Å². The van der Waals surface area contributed by atoms with E-state index in [1.165, 1.54) is 140 Å². The minimum Gasteiger partial charge on any atom is -0.241 e. The van der Waals surface area contributed by atoms with Gasteiger partial charge in [-0.1, -0.05) is 121 Å². The SMILES string of the molecule is C[C@@H]([C]1[CH][CH][CH][C]1P(C1CCCCC1)C1CCCCC1)n1nnc(-c2ccccc2)c1P(C1CCCCC1)C1CCCCC1. The first-order valence-corrected chi connectivity index (χ1v) is 21.6. The van der Waals surface area contributed by atoms with Crippen LogP contribution in [0.2, 0.25) is 0 Å². The summed E-state index contributed by atoms with van der Waals surface area (Å²) in [6.07, 6.45) is 36.1. The molecule has 2 aromatic rings. The third-order valence-electron chi connectivity index (χ3n) is 11.8. The molecule has 237 valence electrons. The lowest BCUT2D eigenvalue weighted by atomic mass is 9.98. The van der Waals surface area contributed by atoms with Crippen molar-refractivity contribution >= 4 is 21.3 Å². The molecule has 0 amide bonds. The molecule has 5 aliphatic carbocycles. The Morgan fingerprint density at radius 3 is 1.59 bits per heavy atom. The maximum absolute atomic E-state index is 5.17. The number of nitrogens with zero attached hydrogens (tertiary/aromatic N) is 3. The molecule has 1 aromatic carbocycles. The predicted molar refractivity (Wildman–Crippen MR) is 191 cm³/mol. The van der Waals surface area contributed by atoms with Crippen molar-refractivity contribution in [3.8, 4) is 11.3 Å². The molecule has 0 spiro atoms. The van der Waals surface area contributed by atoms with Gasteiger partial charge in [-0.15, -0.1) is 5.10 Å². The highest BCUT2D eigenvalue weighted by Gasteiger charge is 2.46. The molecular weight excluding hydrogens is 572 g/mol. The Balaban J connectivity index is 1.27. The minimum absolute atomic E-state index is 0.141. The van der Waals surface area contributed by atoms with Gasteiger partial charge >= 0.3 is 0 Å². The molecule has 5 heteroatoms. The molecule has 0 unspecified atom stereocenters. The third kappa shape index (κ3) is 6.91. The lowest BCUT2D eigenvalue weighted by Gasteiger charge is -2.44. The van der Waals surface area contributed by atoms with Crippen molar-refractivity contribution in [2.45, 2.75) is 164 Å². The maximum atomic E-state index is 5.17. The van der Waals surface area contributed by atoms with E-state index in [1.54, 1.807) is 17.0 Å². The van der Waals surface area contributed by atoms with E-state index in [9.17, 15) is 0 Å². The Morgan fingerprint density at radius 2 is 1.09 bits per heavy atom. The summed E-state index contributed by atoms with van der Waals surface area (Å²) in [5, 5.41) is 10.3. The van der Waals surface area contributed by atoms with Crippen LogP contribution in [0.1, 0.15) is 141 Å². The molecule has 5 radical (unpaired) electrons. The van der Waals surface area contributed by atoms with Crippen LogP contribution in [-0.4, -0.2) is 37.6 Å². The van der Waals surface area contributed by atoms with Gasteiger partial charge < -0.3 is 0 Å². The molecule has 1 heterocycles. The van der Waals surface area contributed by atoms with Gasteiger partial charge in [-0.25, -0.2) is 4.68 Å². The first-order chi connectivity index (χ1) is 21.8. The molecule has 0 aliphatic heterocycles.